The number of nitrogens with one attached hydrogen (secondary N) is 1. The minimum atomic E-state index is -1.15. The van der Waals surface area contributed by atoms with Crippen LogP contribution in [0.5, 0.6) is 0 Å². The second-order valence-corrected chi connectivity index (χ2v) is 16.6. The SMILES string of the molecule is O=C(CC(=O)NCCCC(=O)c1cc2nc(c1)-c1cc(C(=O)O)cc(n1)CN1Cc3cccc(n3)-c3cccc(n3)CN(Cc3cccc(n3)-c3cccc(n3)C1)C2)CN1C(=O)CCC1=O. The van der Waals surface area contributed by atoms with Crippen molar-refractivity contribution >= 4 is 35.3 Å². The van der Waals surface area contributed by atoms with Gasteiger partial charge in [-0.2, -0.15) is 0 Å². The van der Waals surface area contributed by atoms with Gasteiger partial charge in [-0.25, -0.2) is 34.7 Å². The van der Waals surface area contributed by atoms with Crippen molar-refractivity contribution in [3.8, 4) is 34.2 Å². The van der Waals surface area contributed by atoms with E-state index >= 15 is 0 Å². The number of Topliss-reactive ketones (excluding diaryl/α,β-unsaturated/α-hetero) is 2. The average molecular weight is 885 g/mol. The van der Waals surface area contributed by atoms with Gasteiger partial charge in [0, 0.05) is 70.6 Å². The summed E-state index contributed by atoms with van der Waals surface area (Å²) in [6.07, 6.45) is -0.139. The number of carbonyl (C=O) groups is 6. The second-order valence-electron chi connectivity index (χ2n) is 16.6. The summed E-state index contributed by atoms with van der Waals surface area (Å²) in [4.78, 5) is 111. The molecule has 6 aromatic rings. The molecule has 14 bridgehead atoms. The van der Waals surface area contributed by atoms with Crippen LogP contribution in [0.15, 0.2) is 97.1 Å². The third-order valence-corrected chi connectivity index (χ3v) is 11.4. The molecule has 3 amide bonds. The van der Waals surface area contributed by atoms with E-state index in [2.05, 4.69) is 15.1 Å². The smallest absolute Gasteiger partial charge is 0.335 e. The van der Waals surface area contributed by atoms with Crippen LogP contribution in [0.3, 0.4) is 0 Å². The normalized spacial score (nSPS) is 16.6. The maximum atomic E-state index is 14.1. The molecule has 66 heavy (non-hydrogen) atoms. The molecule has 4 aliphatic rings. The van der Waals surface area contributed by atoms with Crippen LogP contribution >= 0.6 is 0 Å². The fourth-order valence-corrected chi connectivity index (χ4v) is 8.33. The summed E-state index contributed by atoms with van der Waals surface area (Å²) in [5, 5.41) is 13.0. The summed E-state index contributed by atoms with van der Waals surface area (Å²) in [6.45, 7) is 1.53. The number of aromatic nitrogens is 6. The monoisotopic (exact) mass is 884 g/mol. The number of carboxylic acids is 1. The van der Waals surface area contributed by atoms with E-state index in [9.17, 15) is 33.9 Å². The van der Waals surface area contributed by atoms with Gasteiger partial charge in [-0.15, -0.1) is 0 Å². The van der Waals surface area contributed by atoms with Crippen molar-refractivity contribution in [2.45, 2.75) is 71.4 Å². The van der Waals surface area contributed by atoms with Crippen LogP contribution in [0, 0.1) is 0 Å². The highest BCUT2D eigenvalue weighted by molar-refractivity contribution is 6.07. The van der Waals surface area contributed by atoms with Gasteiger partial charge in [0.25, 0.3) is 0 Å². The van der Waals surface area contributed by atoms with Crippen molar-refractivity contribution in [1.29, 1.82) is 0 Å². The molecule has 6 aromatic heterocycles. The molecule has 4 aliphatic heterocycles. The molecule has 0 spiro atoms. The second kappa shape index (κ2) is 19.1. The first-order valence-corrected chi connectivity index (χ1v) is 21.7. The van der Waals surface area contributed by atoms with Crippen molar-refractivity contribution in [1.82, 2.24) is 49.9 Å². The lowest BCUT2D eigenvalue weighted by molar-refractivity contribution is -0.142. The van der Waals surface area contributed by atoms with Gasteiger partial charge >= 0.3 is 5.97 Å². The molecule has 0 unspecified atom stereocenters. The Bertz CT molecular complexity index is 2810. The molecule has 1 fully saturated rings. The Morgan fingerprint density at radius 2 is 0.939 bits per heavy atom. The van der Waals surface area contributed by atoms with Gasteiger partial charge in [0.1, 0.15) is 0 Å². The third kappa shape index (κ3) is 10.4. The Hall–Kier alpha value is -7.76. The van der Waals surface area contributed by atoms with Gasteiger partial charge in [0.2, 0.25) is 17.7 Å². The van der Waals surface area contributed by atoms with E-state index in [1.807, 2.05) is 72.8 Å². The lowest BCUT2D eigenvalue weighted by Crippen LogP contribution is -2.36. The van der Waals surface area contributed by atoms with Crippen molar-refractivity contribution < 1.29 is 33.9 Å². The molecule has 0 saturated carbocycles. The highest BCUT2D eigenvalue weighted by Crippen LogP contribution is 2.27. The maximum absolute atomic E-state index is 14.1. The quantitative estimate of drug-likeness (QED) is 0.0802. The zero-order valence-corrected chi connectivity index (χ0v) is 35.9. The van der Waals surface area contributed by atoms with Gasteiger partial charge in [0.15, 0.2) is 11.6 Å². The molecule has 1 saturated heterocycles. The summed E-state index contributed by atoms with van der Waals surface area (Å²) in [5.74, 6) is -3.41. The summed E-state index contributed by atoms with van der Waals surface area (Å²) < 4.78 is 0. The van der Waals surface area contributed by atoms with Crippen molar-refractivity contribution in [2.75, 3.05) is 13.1 Å². The molecule has 0 radical (unpaired) electrons. The predicted octanol–water partition coefficient (Wildman–Crippen LogP) is 4.97. The molecule has 10 rings (SSSR count). The topological polar surface area (TPSA) is 222 Å². The Morgan fingerprint density at radius 3 is 1.39 bits per heavy atom. The number of carboxylic acid groups (broad SMARTS) is 1. The fourth-order valence-electron chi connectivity index (χ4n) is 8.33. The molecule has 10 heterocycles. The molecular formula is C49H44N10O7. The van der Waals surface area contributed by atoms with E-state index in [1.54, 1.807) is 18.2 Å². The standard InChI is InChI=1S/C49H44N10O7/c60-38(29-59-47(63)15-16-48(59)64)22-46(62)50-17-5-14-45(61)30-18-36-27-57-23-32-6-1-10-39(51-32)41-12-3-8-34(53-41)25-58(28-37-19-31(49(65)66)21-44(56-37)43(20-30)55-36)26-35-9-4-13-42(54-35)40-11-2-7-33(24-57)52-40/h1-4,6-13,18-21H,5,14-17,22-29H2,(H,50,62)(H,65,66). The number of pyridine rings is 6. The largest absolute Gasteiger partial charge is 0.478 e. The fraction of sp³-hybridized carbons (Fsp3) is 0.265. The minimum absolute atomic E-state index is 0.00248. The van der Waals surface area contributed by atoms with E-state index in [0.717, 1.165) is 27.7 Å². The molecule has 17 nitrogen and oxygen atoms in total. The van der Waals surface area contributed by atoms with Crippen LogP contribution in [0.1, 0.15) is 87.0 Å². The van der Waals surface area contributed by atoms with Crippen molar-refractivity contribution in [2.24, 2.45) is 0 Å². The maximum Gasteiger partial charge on any atom is 0.335 e. The van der Waals surface area contributed by atoms with Crippen LogP contribution in [0.2, 0.25) is 0 Å². The molecule has 2 N–H and O–H groups in total. The van der Waals surface area contributed by atoms with Crippen LogP contribution < -0.4 is 5.32 Å². The molecular weight excluding hydrogens is 841 g/mol. The van der Waals surface area contributed by atoms with E-state index < -0.39 is 42.4 Å². The van der Waals surface area contributed by atoms with E-state index in [4.69, 9.17) is 29.9 Å². The van der Waals surface area contributed by atoms with Crippen molar-refractivity contribution in [3.05, 3.63) is 142 Å². The molecule has 0 aliphatic carbocycles. The van der Waals surface area contributed by atoms with Crippen LogP contribution in [-0.2, 0) is 58.4 Å². The number of carbonyl (C=O) groups excluding carboxylic acids is 5. The summed E-state index contributed by atoms with van der Waals surface area (Å²) >= 11 is 0. The predicted molar refractivity (Wildman–Crippen MR) is 237 cm³/mol. The first-order valence-electron chi connectivity index (χ1n) is 21.7. The number of amides is 3. The number of likely N-dealkylation sites (tertiary alicyclic amines) is 1. The van der Waals surface area contributed by atoms with Crippen LogP contribution in [0.4, 0.5) is 0 Å². The van der Waals surface area contributed by atoms with Gasteiger partial charge in [-0.1, -0.05) is 24.3 Å². The first-order chi connectivity index (χ1) is 32.0. The Kier molecular flexibility index (Phi) is 12.6. The van der Waals surface area contributed by atoms with Crippen LogP contribution in [-0.4, -0.2) is 98.1 Å². The number of ketones is 2. The molecule has 332 valence electrons. The number of imide groups is 1. The number of hydrogen-bond donors (Lipinski definition) is 2. The number of nitrogens with zero attached hydrogens (tertiary/aromatic N) is 9. The minimum Gasteiger partial charge on any atom is -0.478 e. The summed E-state index contributed by atoms with van der Waals surface area (Å²) in [6, 6.07) is 29.6. The summed E-state index contributed by atoms with van der Waals surface area (Å²) in [5.41, 5.74) is 7.73. The van der Waals surface area contributed by atoms with E-state index in [0.29, 0.717) is 71.6 Å². The van der Waals surface area contributed by atoms with Gasteiger partial charge in [0.05, 0.1) is 86.9 Å². The lowest BCUT2D eigenvalue weighted by atomic mass is 10.0. The lowest BCUT2D eigenvalue weighted by Gasteiger charge is -2.24. The average Bonchev–Trinajstić information content (AvgIpc) is 3.62. The highest BCUT2D eigenvalue weighted by Gasteiger charge is 2.31. The van der Waals surface area contributed by atoms with Crippen LogP contribution in [0.25, 0.3) is 34.2 Å². The highest BCUT2D eigenvalue weighted by atomic mass is 16.4. The Labute approximate surface area is 379 Å². The zero-order chi connectivity index (χ0) is 45.7. The first kappa shape index (κ1) is 43.5. The number of rotatable bonds is 10. The van der Waals surface area contributed by atoms with E-state index in [1.165, 1.54) is 6.07 Å². The zero-order valence-electron chi connectivity index (χ0n) is 35.9. The number of hydrogen-bond acceptors (Lipinski definition) is 14. The van der Waals surface area contributed by atoms with Gasteiger partial charge in [-0.05, 0) is 79.2 Å². The Balaban J connectivity index is 1.07. The Morgan fingerprint density at radius 1 is 0.530 bits per heavy atom. The molecule has 0 atom stereocenters. The van der Waals surface area contributed by atoms with Crippen molar-refractivity contribution in [3.63, 3.8) is 0 Å². The molecule has 0 aromatic carbocycles. The summed E-state index contributed by atoms with van der Waals surface area (Å²) in [7, 11) is 0. The van der Waals surface area contributed by atoms with Gasteiger partial charge in [-0.3, -0.25) is 38.7 Å². The molecule has 17 heteroatoms. The third-order valence-electron chi connectivity index (χ3n) is 11.4. The van der Waals surface area contributed by atoms with E-state index in [-0.39, 0.29) is 62.4 Å². The van der Waals surface area contributed by atoms with Gasteiger partial charge < -0.3 is 10.4 Å². The number of aromatic carboxylic acids is 1.